The topological polar surface area (TPSA) is 87.7 Å². The van der Waals surface area contributed by atoms with Crippen LogP contribution in [0.4, 0.5) is 5.82 Å². The molecule has 2 aromatic carbocycles. The van der Waals surface area contributed by atoms with E-state index in [4.69, 9.17) is 11.6 Å². The molecule has 0 saturated heterocycles. The van der Waals surface area contributed by atoms with Crippen molar-refractivity contribution in [1.29, 1.82) is 0 Å². The number of fused-ring (bicyclic) bond motifs is 1. The lowest BCUT2D eigenvalue weighted by molar-refractivity contribution is 0.474. The fraction of sp³-hybridized carbons (Fsp3) is 0. The minimum absolute atomic E-state index is 0.135. The lowest BCUT2D eigenvalue weighted by Gasteiger charge is -2.03. The number of rotatable bonds is 4. The van der Waals surface area contributed by atoms with E-state index in [1.165, 1.54) is 6.21 Å². The van der Waals surface area contributed by atoms with Crippen molar-refractivity contribution in [2.75, 3.05) is 5.43 Å². The van der Waals surface area contributed by atoms with Gasteiger partial charge in [-0.1, -0.05) is 27.5 Å². The number of hydrogen-bond donors (Lipinski definition) is 2. The van der Waals surface area contributed by atoms with E-state index in [9.17, 15) is 5.11 Å². The molecule has 0 unspecified atom stereocenters. The van der Waals surface area contributed by atoms with Gasteiger partial charge in [-0.05, 0) is 54.6 Å². The van der Waals surface area contributed by atoms with Crippen molar-refractivity contribution >= 4 is 45.2 Å². The van der Waals surface area contributed by atoms with Crippen LogP contribution in [-0.4, -0.2) is 31.1 Å². The largest absolute Gasteiger partial charge is 0.507 e. The molecular formula is C18H12BrClN6O. The molecule has 0 aliphatic carbocycles. The summed E-state index contributed by atoms with van der Waals surface area (Å²) in [5.74, 6) is 1.23. The van der Waals surface area contributed by atoms with Crippen LogP contribution in [0.15, 0.2) is 64.2 Å². The molecule has 0 fully saturated rings. The van der Waals surface area contributed by atoms with Crippen molar-refractivity contribution in [2.24, 2.45) is 5.10 Å². The molecule has 0 amide bonds. The Morgan fingerprint density at radius 3 is 2.70 bits per heavy atom. The number of hydrazone groups is 1. The summed E-state index contributed by atoms with van der Waals surface area (Å²) in [5, 5.41) is 27.4. The third-order valence-corrected chi connectivity index (χ3v) is 4.48. The molecule has 0 saturated carbocycles. The molecule has 4 aromatic rings. The Hall–Kier alpha value is -2.97. The van der Waals surface area contributed by atoms with Crippen LogP contribution in [-0.2, 0) is 0 Å². The summed E-state index contributed by atoms with van der Waals surface area (Å²) >= 11 is 9.30. The predicted molar refractivity (Wildman–Crippen MR) is 108 cm³/mol. The van der Waals surface area contributed by atoms with Crippen LogP contribution in [0.1, 0.15) is 5.56 Å². The standard InChI is InChI=1S/C18H12BrClN6O/c19-13-3-6-15(27)12(9-13)10-21-22-16-7-8-17-23-24-18(26(17)25-16)11-1-4-14(20)5-2-11/h1-10,27H,(H,22,25)/b21-10-. The van der Waals surface area contributed by atoms with Crippen LogP contribution in [0.2, 0.25) is 5.02 Å². The second-order valence-corrected chi connectivity index (χ2v) is 6.94. The Morgan fingerprint density at radius 2 is 1.89 bits per heavy atom. The summed E-state index contributed by atoms with van der Waals surface area (Å²) < 4.78 is 2.47. The van der Waals surface area contributed by atoms with Gasteiger partial charge in [0, 0.05) is 20.6 Å². The third kappa shape index (κ3) is 3.76. The Bertz CT molecular complexity index is 1140. The van der Waals surface area contributed by atoms with Gasteiger partial charge in [0.25, 0.3) is 0 Å². The average molecular weight is 444 g/mol. The highest BCUT2D eigenvalue weighted by molar-refractivity contribution is 9.10. The van der Waals surface area contributed by atoms with Crippen molar-refractivity contribution in [2.45, 2.75) is 0 Å². The zero-order valence-corrected chi connectivity index (χ0v) is 16.1. The SMILES string of the molecule is Oc1ccc(Br)cc1/C=N\Nc1ccc2nnc(-c3ccc(Cl)cc3)n2n1. The molecular weight excluding hydrogens is 432 g/mol. The van der Waals surface area contributed by atoms with Gasteiger partial charge in [-0.15, -0.1) is 15.3 Å². The molecule has 27 heavy (non-hydrogen) atoms. The molecule has 0 radical (unpaired) electrons. The maximum atomic E-state index is 9.84. The van der Waals surface area contributed by atoms with E-state index >= 15 is 0 Å². The van der Waals surface area contributed by atoms with E-state index in [0.717, 1.165) is 10.0 Å². The number of nitrogens with one attached hydrogen (secondary N) is 1. The molecule has 9 heteroatoms. The Labute approximate surface area is 167 Å². The Morgan fingerprint density at radius 1 is 1.07 bits per heavy atom. The van der Waals surface area contributed by atoms with Crippen LogP contribution in [0.5, 0.6) is 5.75 Å². The minimum Gasteiger partial charge on any atom is -0.507 e. The number of benzene rings is 2. The van der Waals surface area contributed by atoms with Gasteiger partial charge in [0.2, 0.25) is 0 Å². The first-order valence-electron chi connectivity index (χ1n) is 7.86. The molecule has 2 heterocycles. The van der Waals surface area contributed by atoms with Crippen molar-refractivity contribution in [3.05, 3.63) is 69.7 Å². The van der Waals surface area contributed by atoms with Gasteiger partial charge in [-0.3, -0.25) is 5.43 Å². The predicted octanol–water partition coefficient (Wildman–Crippen LogP) is 4.36. The van der Waals surface area contributed by atoms with Gasteiger partial charge in [-0.25, -0.2) is 0 Å². The van der Waals surface area contributed by atoms with Gasteiger partial charge in [0.15, 0.2) is 17.3 Å². The molecule has 2 N–H and O–H groups in total. The number of hydrogen-bond acceptors (Lipinski definition) is 6. The number of halogens is 2. The summed E-state index contributed by atoms with van der Waals surface area (Å²) in [5.41, 5.74) is 4.87. The fourth-order valence-electron chi connectivity index (χ4n) is 2.42. The van der Waals surface area contributed by atoms with Crippen LogP contribution < -0.4 is 5.43 Å². The van der Waals surface area contributed by atoms with Crippen molar-refractivity contribution < 1.29 is 5.11 Å². The van der Waals surface area contributed by atoms with Gasteiger partial charge in [-0.2, -0.15) is 9.62 Å². The molecule has 0 atom stereocenters. The van der Waals surface area contributed by atoms with Crippen LogP contribution in [0, 0.1) is 0 Å². The van der Waals surface area contributed by atoms with Crippen molar-refractivity contribution in [3.63, 3.8) is 0 Å². The molecule has 0 aliphatic heterocycles. The molecule has 0 aliphatic rings. The zero-order valence-electron chi connectivity index (χ0n) is 13.7. The summed E-state index contributed by atoms with van der Waals surface area (Å²) in [6.07, 6.45) is 1.51. The number of phenolic OH excluding ortho intramolecular Hbond substituents is 1. The van der Waals surface area contributed by atoms with Crippen LogP contribution in [0.3, 0.4) is 0 Å². The number of aromatic nitrogens is 4. The lowest BCUT2D eigenvalue weighted by atomic mass is 10.2. The van der Waals surface area contributed by atoms with Crippen LogP contribution in [0.25, 0.3) is 17.0 Å². The Balaban J connectivity index is 1.61. The van der Waals surface area contributed by atoms with Gasteiger partial charge < -0.3 is 5.11 Å². The van der Waals surface area contributed by atoms with E-state index in [2.05, 4.69) is 41.8 Å². The van der Waals surface area contributed by atoms with Crippen LogP contribution >= 0.6 is 27.5 Å². The fourth-order valence-corrected chi connectivity index (χ4v) is 2.93. The van der Waals surface area contributed by atoms with Crippen molar-refractivity contribution in [1.82, 2.24) is 19.8 Å². The second-order valence-electron chi connectivity index (χ2n) is 5.59. The van der Waals surface area contributed by atoms with Crippen molar-refractivity contribution in [3.8, 4) is 17.1 Å². The van der Waals surface area contributed by atoms with Gasteiger partial charge in [0.05, 0.1) is 6.21 Å². The first-order valence-corrected chi connectivity index (χ1v) is 9.03. The van der Waals surface area contributed by atoms with E-state index in [0.29, 0.717) is 27.9 Å². The molecule has 0 bridgehead atoms. The number of aromatic hydroxyl groups is 1. The second kappa shape index (κ2) is 7.34. The summed E-state index contributed by atoms with van der Waals surface area (Å²) in [4.78, 5) is 0. The summed E-state index contributed by atoms with van der Waals surface area (Å²) in [6, 6.07) is 15.9. The van der Waals surface area contributed by atoms with E-state index in [-0.39, 0.29) is 5.75 Å². The normalized spacial score (nSPS) is 11.3. The maximum absolute atomic E-state index is 9.84. The smallest absolute Gasteiger partial charge is 0.185 e. The highest BCUT2D eigenvalue weighted by Gasteiger charge is 2.10. The summed E-state index contributed by atoms with van der Waals surface area (Å²) in [7, 11) is 0. The maximum Gasteiger partial charge on any atom is 0.185 e. The summed E-state index contributed by atoms with van der Waals surface area (Å²) in [6.45, 7) is 0. The number of phenols is 1. The third-order valence-electron chi connectivity index (χ3n) is 3.74. The van der Waals surface area contributed by atoms with Gasteiger partial charge >= 0.3 is 0 Å². The first kappa shape index (κ1) is 17.4. The van der Waals surface area contributed by atoms with E-state index in [1.54, 1.807) is 47.0 Å². The molecule has 134 valence electrons. The zero-order chi connectivity index (χ0) is 18.8. The van der Waals surface area contributed by atoms with E-state index < -0.39 is 0 Å². The number of nitrogens with zero attached hydrogens (tertiary/aromatic N) is 5. The quantitative estimate of drug-likeness (QED) is 0.361. The minimum atomic E-state index is 0.135. The number of anilines is 1. The van der Waals surface area contributed by atoms with E-state index in [1.807, 2.05) is 12.1 Å². The monoisotopic (exact) mass is 442 g/mol. The molecule has 2 aromatic heterocycles. The van der Waals surface area contributed by atoms with Gasteiger partial charge in [0.1, 0.15) is 5.75 Å². The molecule has 7 nitrogen and oxygen atoms in total. The average Bonchev–Trinajstić information content (AvgIpc) is 3.08. The highest BCUT2D eigenvalue weighted by atomic mass is 79.9. The lowest BCUT2D eigenvalue weighted by Crippen LogP contribution is -2.00. The molecule has 4 rings (SSSR count). The Kier molecular flexibility index (Phi) is 4.74. The highest BCUT2D eigenvalue weighted by Crippen LogP contribution is 2.21. The molecule has 0 spiro atoms. The first-order chi connectivity index (χ1) is 13.1.